The number of anilines is 1. The lowest BCUT2D eigenvalue weighted by Crippen LogP contribution is -2.35. The lowest BCUT2D eigenvalue weighted by atomic mass is 10.3. The van der Waals surface area contributed by atoms with Gasteiger partial charge in [-0.25, -0.2) is 9.97 Å². The van der Waals surface area contributed by atoms with Gasteiger partial charge in [0.1, 0.15) is 0 Å². The van der Waals surface area contributed by atoms with E-state index in [0.717, 1.165) is 38.4 Å². The summed E-state index contributed by atoms with van der Waals surface area (Å²) in [5.74, 6) is 0.329. The van der Waals surface area contributed by atoms with Gasteiger partial charge < -0.3 is 10.5 Å². The first-order valence-corrected chi connectivity index (χ1v) is 4.71. The zero-order chi connectivity index (χ0) is 9.80. The van der Waals surface area contributed by atoms with Gasteiger partial charge in [0.05, 0.1) is 13.2 Å². The smallest absolute Gasteiger partial charge is 0.219 e. The summed E-state index contributed by atoms with van der Waals surface area (Å²) in [4.78, 5) is 10.2. The fourth-order valence-corrected chi connectivity index (χ4v) is 1.46. The van der Waals surface area contributed by atoms with Crippen LogP contribution in [-0.4, -0.2) is 41.2 Å². The first-order valence-electron chi connectivity index (χ1n) is 4.71. The topological polar surface area (TPSA) is 64.3 Å². The van der Waals surface area contributed by atoms with Crippen LogP contribution in [0.2, 0.25) is 0 Å². The van der Waals surface area contributed by atoms with E-state index in [1.54, 1.807) is 12.4 Å². The van der Waals surface area contributed by atoms with Gasteiger partial charge in [-0.1, -0.05) is 0 Å². The molecule has 1 aromatic heterocycles. The first-order chi connectivity index (χ1) is 6.84. The molecule has 2 rings (SSSR count). The average molecular weight is 194 g/mol. The van der Waals surface area contributed by atoms with Crippen LogP contribution in [0.3, 0.4) is 0 Å². The summed E-state index contributed by atoms with van der Waals surface area (Å²) in [6.45, 7) is 4.46. The Morgan fingerprint density at radius 2 is 1.93 bits per heavy atom. The number of nitrogen functional groups attached to an aromatic ring is 1. The molecule has 0 saturated carbocycles. The minimum atomic E-state index is 0.329. The molecule has 2 N–H and O–H groups in total. The minimum Gasteiger partial charge on any atom is -0.379 e. The van der Waals surface area contributed by atoms with Crippen LogP contribution < -0.4 is 5.73 Å². The van der Waals surface area contributed by atoms with E-state index in [4.69, 9.17) is 10.5 Å². The monoisotopic (exact) mass is 194 g/mol. The quantitative estimate of drug-likeness (QED) is 0.711. The molecule has 1 aliphatic heterocycles. The highest BCUT2D eigenvalue weighted by atomic mass is 16.5. The van der Waals surface area contributed by atoms with Gasteiger partial charge in [-0.2, -0.15) is 0 Å². The Hall–Kier alpha value is -1.20. The molecule has 1 fully saturated rings. The normalized spacial score (nSPS) is 18.3. The van der Waals surface area contributed by atoms with E-state index in [9.17, 15) is 0 Å². The van der Waals surface area contributed by atoms with Crippen LogP contribution in [0.1, 0.15) is 5.56 Å². The van der Waals surface area contributed by atoms with Crippen molar-refractivity contribution in [1.29, 1.82) is 0 Å². The van der Waals surface area contributed by atoms with Crippen molar-refractivity contribution in [3.05, 3.63) is 18.0 Å². The fraction of sp³-hybridized carbons (Fsp3) is 0.556. The van der Waals surface area contributed by atoms with Crippen LogP contribution in [0.5, 0.6) is 0 Å². The van der Waals surface area contributed by atoms with E-state index in [1.165, 1.54) is 0 Å². The van der Waals surface area contributed by atoms with Gasteiger partial charge in [0.25, 0.3) is 0 Å². The Bertz CT molecular complexity index is 281. The second-order valence-electron chi connectivity index (χ2n) is 3.34. The summed E-state index contributed by atoms with van der Waals surface area (Å²) >= 11 is 0. The molecule has 0 aromatic carbocycles. The van der Waals surface area contributed by atoms with E-state index in [-0.39, 0.29) is 0 Å². The van der Waals surface area contributed by atoms with Crippen LogP contribution in [0, 0.1) is 0 Å². The van der Waals surface area contributed by atoms with Crippen molar-refractivity contribution in [3.63, 3.8) is 0 Å². The molecule has 0 bridgehead atoms. The molecule has 0 amide bonds. The summed E-state index contributed by atoms with van der Waals surface area (Å²) in [5, 5.41) is 0. The summed E-state index contributed by atoms with van der Waals surface area (Å²) in [5.41, 5.74) is 6.50. The van der Waals surface area contributed by atoms with Crippen LogP contribution in [0.15, 0.2) is 12.4 Å². The number of hydrogen-bond donors (Lipinski definition) is 1. The van der Waals surface area contributed by atoms with Crippen molar-refractivity contribution in [2.24, 2.45) is 0 Å². The molecular formula is C9H14N4O. The Morgan fingerprint density at radius 1 is 1.29 bits per heavy atom. The van der Waals surface area contributed by atoms with Gasteiger partial charge >= 0.3 is 0 Å². The van der Waals surface area contributed by atoms with Crippen molar-refractivity contribution < 1.29 is 4.74 Å². The van der Waals surface area contributed by atoms with Crippen molar-refractivity contribution >= 4 is 5.95 Å². The van der Waals surface area contributed by atoms with Crippen LogP contribution >= 0.6 is 0 Å². The number of hydrogen-bond acceptors (Lipinski definition) is 5. The molecule has 0 unspecified atom stereocenters. The van der Waals surface area contributed by atoms with Crippen molar-refractivity contribution in [1.82, 2.24) is 14.9 Å². The van der Waals surface area contributed by atoms with Crippen molar-refractivity contribution in [3.8, 4) is 0 Å². The molecule has 1 saturated heterocycles. The Labute approximate surface area is 82.9 Å². The number of nitrogens with zero attached hydrogens (tertiary/aromatic N) is 3. The van der Waals surface area contributed by atoms with Gasteiger partial charge in [-0.15, -0.1) is 0 Å². The maximum absolute atomic E-state index is 5.40. The molecule has 0 aliphatic carbocycles. The number of rotatable bonds is 2. The van der Waals surface area contributed by atoms with Gasteiger partial charge in [-0.05, 0) is 0 Å². The zero-order valence-electron chi connectivity index (χ0n) is 8.02. The second-order valence-corrected chi connectivity index (χ2v) is 3.34. The highest BCUT2D eigenvalue weighted by molar-refractivity contribution is 5.17. The van der Waals surface area contributed by atoms with Crippen molar-refractivity contribution in [2.45, 2.75) is 6.54 Å². The van der Waals surface area contributed by atoms with E-state index in [0.29, 0.717) is 5.95 Å². The molecule has 76 valence electrons. The van der Waals surface area contributed by atoms with Gasteiger partial charge in [0, 0.05) is 37.6 Å². The predicted octanol–water partition coefficient (Wildman–Crippen LogP) is -0.109. The molecule has 0 atom stereocenters. The maximum atomic E-state index is 5.40. The summed E-state index contributed by atoms with van der Waals surface area (Å²) in [6, 6.07) is 0. The highest BCUT2D eigenvalue weighted by Gasteiger charge is 2.10. The molecular weight excluding hydrogens is 180 g/mol. The summed E-state index contributed by atoms with van der Waals surface area (Å²) in [6.07, 6.45) is 3.55. The van der Waals surface area contributed by atoms with Crippen LogP contribution in [0.4, 0.5) is 5.95 Å². The van der Waals surface area contributed by atoms with Crippen LogP contribution in [-0.2, 0) is 11.3 Å². The van der Waals surface area contributed by atoms with E-state index >= 15 is 0 Å². The molecule has 5 nitrogen and oxygen atoms in total. The molecule has 0 radical (unpaired) electrons. The Balaban J connectivity index is 1.92. The number of ether oxygens (including phenoxy) is 1. The minimum absolute atomic E-state index is 0.329. The van der Waals surface area contributed by atoms with Crippen molar-refractivity contribution in [2.75, 3.05) is 32.0 Å². The maximum Gasteiger partial charge on any atom is 0.219 e. The summed E-state index contributed by atoms with van der Waals surface area (Å²) < 4.78 is 5.26. The third-order valence-electron chi connectivity index (χ3n) is 2.24. The summed E-state index contributed by atoms with van der Waals surface area (Å²) in [7, 11) is 0. The highest BCUT2D eigenvalue weighted by Crippen LogP contribution is 2.05. The van der Waals surface area contributed by atoms with E-state index in [1.807, 2.05) is 0 Å². The third-order valence-corrected chi connectivity index (χ3v) is 2.24. The second kappa shape index (κ2) is 4.34. The Kier molecular flexibility index (Phi) is 2.90. The lowest BCUT2D eigenvalue weighted by Gasteiger charge is -2.26. The van der Waals surface area contributed by atoms with E-state index in [2.05, 4.69) is 14.9 Å². The lowest BCUT2D eigenvalue weighted by molar-refractivity contribution is 0.0341. The molecule has 2 heterocycles. The third kappa shape index (κ3) is 2.40. The number of nitrogens with two attached hydrogens (primary N) is 1. The number of morpholine rings is 1. The van der Waals surface area contributed by atoms with Crippen LogP contribution in [0.25, 0.3) is 0 Å². The number of aromatic nitrogens is 2. The van der Waals surface area contributed by atoms with Gasteiger partial charge in [0.2, 0.25) is 5.95 Å². The van der Waals surface area contributed by atoms with E-state index < -0.39 is 0 Å². The standard InChI is InChI=1S/C9H14N4O/c10-9-11-5-8(6-12-9)7-13-1-3-14-4-2-13/h5-6H,1-4,7H2,(H2,10,11,12). The zero-order valence-corrected chi connectivity index (χ0v) is 8.02. The molecule has 1 aromatic rings. The Morgan fingerprint density at radius 3 is 2.57 bits per heavy atom. The molecule has 0 spiro atoms. The SMILES string of the molecule is Nc1ncc(CN2CCOCC2)cn1. The van der Waals surface area contributed by atoms with Gasteiger partial charge in [0.15, 0.2) is 0 Å². The average Bonchev–Trinajstić information content (AvgIpc) is 2.23. The molecule has 14 heavy (non-hydrogen) atoms. The molecule has 1 aliphatic rings. The fourth-order valence-electron chi connectivity index (χ4n) is 1.46. The first kappa shape index (κ1) is 9.36. The predicted molar refractivity (Wildman–Crippen MR) is 52.5 cm³/mol. The largest absolute Gasteiger partial charge is 0.379 e. The molecule has 5 heteroatoms. The van der Waals surface area contributed by atoms with Gasteiger partial charge in [-0.3, -0.25) is 4.90 Å².